The molecule has 0 atom stereocenters. The van der Waals surface area contributed by atoms with Gasteiger partial charge in [-0.15, -0.1) is 11.3 Å². The van der Waals surface area contributed by atoms with E-state index in [-0.39, 0.29) is 11.8 Å². The van der Waals surface area contributed by atoms with Crippen LogP contribution in [0.3, 0.4) is 0 Å². The Bertz CT molecular complexity index is 913. The summed E-state index contributed by atoms with van der Waals surface area (Å²) in [7, 11) is 0. The first kappa shape index (κ1) is 20.0. The summed E-state index contributed by atoms with van der Waals surface area (Å²) in [5.41, 5.74) is 0.450. The Morgan fingerprint density at radius 2 is 1.75 bits per heavy atom. The molecule has 0 aliphatic carbocycles. The van der Waals surface area contributed by atoms with Gasteiger partial charge in [0, 0.05) is 29.8 Å². The summed E-state index contributed by atoms with van der Waals surface area (Å²) >= 11 is 4.76. The van der Waals surface area contributed by atoms with Gasteiger partial charge in [-0.1, -0.05) is 22.0 Å². The lowest BCUT2D eigenvalue weighted by Crippen LogP contribution is -2.29. The molecule has 0 unspecified atom stereocenters. The number of pyridine rings is 1. The third-order valence-electron chi connectivity index (χ3n) is 3.70. The Labute approximate surface area is 175 Å². The highest BCUT2D eigenvalue weighted by molar-refractivity contribution is 9.10. The summed E-state index contributed by atoms with van der Waals surface area (Å²) in [6, 6.07) is 14.3. The first-order valence-electron chi connectivity index (χ1n) is 8.61. The highest BCUT2D eigenvalue weighted by Gasteiger charge is 2.08. The van der Waals surface area contributed by atoms with Gasteiger partial charge >= 0.3 is 0 Å². The van der Waals surface area contributed by atoms with Crippen LogP contribution in [0.25, 0.3) is 0 Å². The molecule has 3 aromatic rings. The number of carbonyl (C=O) groups is 2. The molecule has 0 aliphatic rings. The highest BCUT2D eigenvalue weighted by Crippen LogP contribution is 2.21. The van der Waals surface area contributed by atoms with Crippen LogP contribution in [0.15, 0.2) is 64.6 Å². The zero-order chi connectivity index (χ0) is 19.8. The van der Waals surface area contributed by atoms with Gasteiger partial charge in [0.2, 0.25) is 5.88 Å². The maximum Gasteiger partial charge on any atom is 0.261 e. The predicted octanol–water partition coefficient (Wildman–Crippen LogP) is 4.25. The second-order valence-electron chi connectivity index (χ2n) is 5.78. The van der Waals surface area contributed by atoms with Crippen molar-refractivity contribution in [2.24, 2.45) is 0 Å². The third kappa shape index (κ3) is 5.90. The van der Waals surface area contributed by atoms with Gasteiger partial charge in [0.1, 0.15) is 5.75 Å². The van der Waals surface area contributed by atoms with Gasteiger partial charge < -0.3 is 15.4 Å². The topological polar surface area (TPSA) is 80.3 Å². The fourth-order valence-corrected chi connectivity index (χ4v) is 3.19. The van der Waals surface area contributed by atoms with Gasteiger partial charge in [0.15, 0.2) is 0 Å². The number of halogens is 1. The standard InChI is InChI=1S/C20H18BrN3O3S/c21-15-5-7-16(8-6-15)27-18-9-4-14(13-24-18)19(25)22-10-2-11-23-20(26)17-3-1-12-28-17/h1,3-9,12-13H,2,10-11H2,(H,22,25)(H,23,26). The Morgan fingerprint density at radius 3 is 2.39 bits per heavy atom. The van der Waals surface area contributed by atoms with E-state index in [1.54, 1.807) is 18.2 Å². The number of hydrogen-bond acceptors (Lipinski definition) is 5. The minimum atomic E-state index is -0.215. The molecule has 0 bridgehead atoms. The van der Waals surface area contributed by atoms with Crippen LogP contribution in [0.4, 0.5) is 0 Å². The number of carbonyl (C=O) groups excluding carboxylic acids is 2. The molecule has 28 heavy (non-hydrogen) atoms. The first-order chi connectivity index (χ1) is 13.6. The fraction of sp³-hybridized carbons (Fsp3) is 0.150. The molecular formula is C20H18BrN3O3S. The maximum absolute atomic E-state index is 12.2. The number of amides is 2. The van der Waals surface area contributed by atoms with Gasteiger partial charge in [0.25, 0.3) is 11.8 Å². The number of nitrogens with one attached hydrogen (secondary N) is 2. The number of thiophene rings is 1. The summed E-state index contributed by atoms with van der Waals surface area (Å²) < 4.78 is 6.60. The van der Waals surface area contributed by atoms with E-state index in [1.807, 2.05) is 35.7 Å². The van der Waals surface area contributed by atoms with Crippen LogP contribution in [0.2, 0.25) is 0 Å². The van der Waals surface area contributed by atoms with Crippen molar-refractivity contribution in [3.63, 3.8) is 0 Å². The van der Waals surface area contributed by atoms with Crippen molar-refractivity contribution in [3.8, 4) is 11.6 Å². The lowest BCUT2D eigenvalue weighted by atomic mass is 10.2. The average Bonchev–Trinajstić information content (AvgIpc) is 3.25. The van der Waals surface area contributed by atoms with E-state index in [0.29, 0.717) is 41.6 Å². The Kier molecular flexibility index (Phi) is 7.16. The van der Waals surface area contributed by atoms with Gasteiger partial charge in [-0.05, 0) is 48.2 Å². The Balaban J connectivity index is 1.39. The smallest absolute Gasteiger partial charge is 0.261 e. The quantitative estimate of drug-likeness (QED) is 0.493. The zero-order valence-electron chi connectivity index (χ0n) is 14.9. The van der Waals surface area contributed by atoms with E-state index < -0.39 is 0 Å². The number of ether oxygens (including phenoxy) is 1. The van der Waals surface area contributed by atoms with Crippen molar-refractivity contribution in [1.29, 1.82) is 0 Å². The number of rotatable bonds is 8. The molecular weight excluding hydrogens is 442 g/mol. The molecule has 8 heteroatoms. The van der Waals surface area contributed by atoms with Crippen molar-refractivity contribution in [1.82, 2.24) is 15.6 Å². The minimum absolute atomic E-state index is 0.0908. The first-order valence-corrected chi connectivity index (χ1v) is 10.3. The normalized spacial score (nSPS) is 10.3. The zero-order valence-corrected chi connectivity index (χ0v) is 17.3. The van der Waals surface area contributed by atoms with Crippen LogP contribution < -0.4 is 15.4 Å². The second-order valence-corrected chi connectivity index (χ2v) is 7.65. The van der Waals surface area contributed by atoms with E-state index in [1.165, 1.54) is 17.5 Å². The van der Waals surface area contributed by atoms with Crippen molar-refractivity contribution in [3.05, 3.63) is 75.0 Å². The largest absolute Gasteiger partial charge is 0.439 e. The van der Waals surface area contributed by atoms with Gasteiger partial charge in [-0.2, -0.15) is 0 Å². The summed E-state index contributed by atoms with van der Waals surface area (Å²) in [5.74, 6) is 0.770. The van der Waals surface area contributed by atoms with Crippen molar-refractivity contribution < 1.29 is 14.3 Å². The molecule has 6 nitrogen and oxygen atoms in total. The SMILES string of the molecule is O=C(NCCCNC(=O)c1cccs1)c1ccc(Oc2ccc(Br)cc2)nc1. The van der Waals surface area contributed by atoms with Gasteiger partial charge in [0.05, 0.1) is 10.4 Å². The molecule has 0 saturated carbocycles. The Hall–Kier alpha value is -2.71. The molecule has 0 saturated heterocycles. The van der Waals surface area contributed by atoms with Crippen LogP contribution >= 0.6 is 27.3 Å². The summed E-state index contributed by atoms with van der Waals surface area (Å²) in [6.45, 7) is 0.954. The fourth-order valence-electron chi connectivity index (χ4n) is 2.29. The highest BCUT2D eigenvalue weighted by atomic mass is 79.9. The molecule has 0 aliphatic heterocycles. The van der Waals surface area contributed by atoms with Crippen LogP contribution in [-0.4, -0.2) is 29.9 Å². The lowest BCUT2D eigenvalue weighted by Gasteiger charge is -2.07. The molecule has 3 rings (SSSR count). The van der Waals surface area contributed by atoms with Gasteiger partial charge in [-0.3, -0.25) is 9.59 Å². The van der Waals surface area contributed by atoms with Crippen molar-refractivity contribution >= 4 is 39.1 Å². The molecule has 2 amide bonds. The minimum Gasteiger partial charge on any atom is -0.439 e. The van der Waals surface area contributed by atoms with Crippen molar-refractivity contribution in [2.75, 3.05) is 13.1 Å². The maximum atomic E-state index is 12.2. The molecule has 2 heterocycles. The molecule has 1 aromatic carbocycles. The van der Waals surface area contributed by atoms with E-state index in [9.17, 15) is 9.59 Å². The average molecular weight is 460 g/mol. The Morgan fingerprint density at radius 1 is 1.00 bits per heavy atom. The summed E-state index contributed by atoms with van der Waals surface area (Å²) in [6.07, 6.45) is 2.11. The monoisotopic (exact) mass is 459 g/mol. The van der Waals surface area contributed by atoms with Crippen LogP contribution in [0, 0.1) is 0 Å². The van der Waals surface area contributed by atoms with E-state index in [2.05, 4.69) is 31.5 Å². The number of nitrogens with zero attached hydrogens (tertiary/aromatic N) is 1. The van der Waals surface area contributed by atoms with Crippen molar-refractivity contribution in [2.45, 2.75) is 6.42 Å². The predicted molar refractivity (Wildman–Crippen MR) is 112 cm³/mol. The summed E-state index contributed by atoms with van der Waals surface area (Å²) in [5, 5.41) is 7.49. The third-order valence-corrected chi connectivity index (χ3v) is 5.10. The van der Waals surface area contributed by atoms with Crippen LogP contribution in [-0.2, 0) is 0 Å². The lowest BCUT2D eigenvalue weighted by molar-refractivity contribution is 0.0952. The molecule has 2 N–H and O–H groups in total. The second kappa shape index (κ2) is 10.0. The number of benzene rings is 1. The van der Waals surface area contributed by atoms with Gasteiger partial charge in [-0.25, -0.2) is 4.98 Å². The van der Waals surface area contributed by atoms with Crippen LogP contribution in [0.5, 0.6) is 11.6 Å². The molecule has 0 spiro atoms. The molecule has 144 valence electrons. The van der Waals surface area contributed by atoms with E-state index in [4.69, 9.17) is 4.74 Å². The number of hydrogen-bond donors (Lipinski definition) is 2. The van der Waals surface area contributed by atoms with Crippen LogP contribution in [0.1, 0.15) is 26.5 Å². The number of aromatic nitrogens is 1. The van der Waals surface area contributed by atoms with E-state index in [0.717, 1.165) is 4.47 Å². The molecule has 2 aromatic heterocycles. The summed E-state index contributed by atoms with van der Waals surface area (Å²) in [4.78, 5) is 28.8. The van der Waals surface area contributed by atoms with E-state index >= 15 is 0 Å². The molecule has 0 fully saturated rings. The molecule has 0 radical (unpaired) electrons.